The van der Waals surface area contributed by atoms with Crippen LogP contribution in [0, 0.1) is 5.41 Å². The van der Waals surface area contributed by atoms with Gasteiger partial charge in [-0.15, -0.1) is 0 Å². The number of nitrogens with one attached hydrogen (secondary N) is 2. The van der Waals surface area contributed by atoms with E-state index in [2.05, 4.69) is 10.3 Å². The van der Waals surface area contributed by atoms with E-state index in [0.29, 0.717) is 36.3 Å². The van der Waals surface area contributed by atoms with Crippen LogP contribution < -0.4 is 5.32 Å². The lowest BCUT2D eigenvalue weighted by molar-refractivity contribution is 0.0724. The van der Waals surface area contributed by atoms with E-state index in [9.17, 15) is 9.59 Å². The number of amides is 1. The van der Waals surface area contributed by atoms with Gasteiger partial charge in [0.1, 0.15) is 11.5 Å². The summed E-state index contributed by atoms with van der Waals surface area (Å²) in [6.07, 6.45) is 3.71. The van der Waals surface area contributed by atoms with Gasteiger partial charge in [0.25, 0.3) is 5.91 Å². The molecule has 134 valence electrons. The predicted molar refractivity (Wildman–Crippen MR) is 102 cm³/mol. The summed E-state index contributed by atoms with van der Waals surface area (Å²) in [6.45, 7) is 3.03. The topological polar surface area (TPSA) is 86.2 Å². The van der Waals surface area contributed by atoms with Crippen LogP contribution in [-0.2, 0) is 0 Å². The van der Waals surface area contributed by atoms with Crippen LogP contribution in [0.4, 0.5) is 11.5 Å². The van der Waals surface area contributed by atoms with Crippen molar-refractivity contribution in [1.82, 2.24) is 9.88 Å². The van der Waals surface area contributed by atoms with Gasteiger partial charge in [-0.1, -0.05) is 18.2 Å². The van der Waals surface area contributed by atoms with E-state index in [1.54, 1.807) is 11.8 Å². The van der Waals surface area contributed by atoms with Gasteiger partial charge in [-0.25, -0.2) is 4.98 Å². The molecule has 0 spiro atoms. The molecule has 6 nitrogen and oxygen atoms in total. The normalized spacial score (nSPS) is 14.0. The lowest BCUT2D eigenvalue weighted by Crippen LogP contribution is -2.36. The molecule has 3 rings (SSSR count). The highest BCUT2D eigenvalue weighted by atomic mass is 16.2. The smallest absolute Gasteiger partial charge is 0.254 e. The van der Waals surface area contributed by atoms with Crippen LogP contribution in [0.15, 0.2) is 36.4 Å². The van der Waals surface area contributed by atoms with Crippen LogP contribution in [0.3, 0.4) is 0 Å². The third kappa shape index (κ3) is 3.79. The molecule has 2 heterocycles. The Hall–Kier alpha value is -3.02. The first kappa shape index (κ1) is 17.8. The zero-order valence-corrected chi connectivity index (χ0v) is 14.8. The lowest BCUT2D eigenvalue weighted by atomic mass is 10.0. The number of carbonyl (C=O) groups excluding carboxylic acids is 2. The third-order valence-electron chi connectivity index (χ3n) is 4.45. The zero-order chi connectivity index (χ0) is 18.5. The number of nitrogens with zero attached hydrogens (tertiary/aromatic N) is 2. The fourth-order valence-electron chi connectivity index (χ4n) is 3.19. The quantitative estimate of drug-likeness (QED) is 0.636. The maximum absolute atomic E-state index is 13.1. The van der Waals surface area contributed by atoms with E-state index in [0.717, 1.165) is 24.9 Å². The monoisotopic (exact) mass is 350 g/mol. The molecule has 1 aliphatic heterocycles. The number of benzene rings is 1. The van der Waals surface area contributed by atoms with Crippen molar-refractivity contribution in [3.8, 4) is 0 Å². The minimum absolute atomic E-state index is 0.145. The summed E-state index contributed by atoms with van der Waals surface area (Å²) < 4.78 is 0. The Morgan fingerprint density at radius 3 is 2.50 bits per heavy atom. The van der Waals surface area contributed by atoms with Crippen molar-refractivity contribution in [1.29, 1.82) is 5.41 Å². The van der Waals surface area contributed by atoms with Crippen LogP contribution in [-0.4, -0.2) is 40.9 Å². The molecule has 0 unspecified atom stereocenters. The number of rotatable bonds is 5. The zero-order valence-electron chi connectivity index (χ0n) is 14.8. The van der Waals surface area contributed by atoms with Gasteiger partial charge >= 0.3 is 0 Å². The minimum atomic E-state index is -0.145. The number of anilines is 2. The minimum Gasteiger partial charge on any atom is -0.340 e. The molecule has 0 bridgehead atoms. The maximum atomic E-state index is 13.1. The number of aldehydes is 1. The summed E-state index contributed by atoms with van der Waals surface area (Å²) in [7, 11) is 0. The SMILES string of the molecule is CC(=N)c1c(C(=O)N2CCCCC2)cc(C=O)nc1Nc1ccccc1. The van der Waals surface area contributed by atoms with E-state index >= 15 is 0 Å². The van der Waals surface area contributed by atoms with Gasteiger partial charge in [-0.3, -0.25) is 9.59 Å². The van der Waals surface area contributed by atoms with E-state index in [1.165, 1.54) is 6.07 Å². The number of pyridine rings is 1. The van der Waals surface area contributed by atoms with E-state index < -0.39 is 0 Å². The van der Waals surface area contributed by atoms with Gasteiger partial charge in [0, 0.05) is 24.5 Å². The molecular weight excluding hydrogens is 328 g/mol. The second kappa shape index (κ2) is 7.91. The van der Waals surface area contributed by atoms with Crippen molar-refractivity contribution in [3.63, 3.8) is 0 Å². The molecule has 1 saturated heterocycles. The van der Waals surface area contributed by atoms with Gasteiger partial charge in [0.2, 0.25) is 0 Å². The molecule has 0 aliphatic carbocycles. The Morgan fingerprint density at radius 1 is 1.19 bits per heavy atom. The van der Waals surface area contributed by atoms with Gasteiger partial charge in [-0.05, 0) is 44.4 Å². The number of piperidine rings is 1. The average molecular weight is 350 g/mol. The standard InChI is InChI=1S/C20H22N4O2/c1-14(21)18-17(20(26)24-10-6-3-7-11-24)12-16(13-25)23-19(18)22-15-8-4-2-5-9-15/h2,4-5,8-9,12-13,21H,3,6-7,10-11H2,1H3,(H,22,23). The highest BCUT2D eigenvalue weighted by Crippen LogP contribution is 2.25. The average Bonchev–Trinajstić information content (AvgIpc) is 2.68. The Bertz CT molecular complexity index is 827. The van der Waals surface area contributed by atoms with E-state index in [4.69, 9.17) is 5.41 Å². The van der Waals surface area contributed by atoms with Crippen LogP contribution in [0.1, 0.15) is 52.6 Å². The summed E-state index contributed by atoms with van der Waals surface area (Å²) >= 11 is 0. The molecule has 0 radical (unpaired) electrons. The van der Waals surface area contributed by atoms with E-state index in [1.807, 2.05) is 30.3 Å². The van der Waals surface area contributed by atoms with Crippen molar-refractivity contribution in [2.24, 2.45) is 0 Å². The Kier molecular flexibility index (Phi) is 5.41. The molecule has 1 aromatic carbocycles. The molecule has 2 aromatic rings. The number of carbonyl (C=O) groups is 2. The molecule has 6 heteroatoms. The summed E-state index contributed by atoms with van der Waals surface area (Å²) in [5.74, 6) is 0.210. The number of hydrogen-bond acceptors (Lipinski definition) is 5. The molecular formula is C20H22N4O2. The molecule has 1 aliphatic rings. The van der Waals surface area contributed by atoms with Gasteiger partial charge in [0.15, 0.2) is 6.29 Å². The largest absolute Gasteiger partial charge is 0.340 e. The van der Waals surface area contributed by atoms with Gasteiger partial charge < -0.3 is 15.6 Å². The molecule has 1 amide bonds. The van der Waals surface area contributed by atoms with Gasteiger partial charge in [0.05, 0.1) is 11.1 Å². The third-order valence-corrected chi connectivity index (χ3v) is 4.45. The lowest BCUT2D eigenvalue weighted by Gasteiger charge is -2.28. The van der Waals surface area contributed by atoms with Crippen LogP contribution >= 0.6 is 0 Å². The summed E-state index contributed by atoms with van der Waals surface area (Å²) in [5.41, 5.74) is 1.98. The van der Waals surface area contributed by atoms with Crippen molar-refractivity contribution < 1.29 is 9.59 Å². The van der Waals surface area contributed by atoms with Crippen LogP contribution in [0.5, 0.6) is 0 Å². The van der Waals surface area contributed by atoms with Crippen molar-refractivity contribution >= 4 is 29.4 Å². The molecule has 0 atom stereocenters. The fourth-order valence-corrected chi connectivity index (χ4v) is 3.19. The number of aromatic nitrogens is 1. The highest BCUT2D eigenvalue weighted by Gasteiger charge is 2.25. The number of hydrogen-bond donors (Lipinski definition) is 2. The molecule has 2 N–H and O–H groups in total. The number of likely N-dealkylation sites (tertiary alicyclic amines) is 1. The van der Waals surface area contributed by atoms with Crippen LogP contribution in [0.25, 0.3) is 0 Å². The Labute approximate surface area is 152 Å². The van der Waals surface area contributed by atoms with Crippen molar-refractivity contribution in [2.75, 3.05) is 18.4 Å². The molecule has 1 aromatic heterocycles. The van der Waals surface area contributed by atoms with Gasteiger partial charge in [-0.2, -0.15) is 0 Å². The highest BCUT2D eigenvalue weighted by molar-refractivity contribution is 6.12. The summed E-state index contributed by atoms with van der Waals surface area (Å²) in [4.78, 5) is 30.5. The second-order valence-electron chi connectivity index (χ2n) is 6.41. The Balaban J connectivity index is 2.07. The fraction of sp³-hybridized carbons (Fsp3) is 0.300. The molecule has 0 saturated carbocycles. The number of para-hydroxylation sites is 1. The maximum Gasteiger partial charge on any atom is 0.254 e. The predicted octanol–water partition coefficient (Wildman–Crippen LogP) is 3.65. The summed E-state index contributed by atoms with van der Waals surface area (Å²) in [5, 5.41) is 11.3. The second-order valence-corrected chi connectivity index (χ2v) is 6.41. The van der Waals surface area contributed by atoms with E-state index in [-0.39, 0.29) is 17.3 Å². The molecule has 26 heavy (non-hydrogen) atoms. The first-order valence-electron chi connectivity index (χ1n) is 8.77. The molecule has 1 fully saturated rings. The first-order chi connectivity index (χ1) is 12.6. The van der Waals surface area contributed by atoms with Crippen molar-refractivity contribution in [3.05, 3.63) is 53.2 Å². The summed E-state index contributed by atoms with van der Waals surface area (Å²) in [6, 6.07) is 10.9. The van der Waals surface area contributed by atoms with Crippen molar-refractivity contribution in [2.45, 2.75) is 26.2 Å². The van der Waals surface area contributed by atoms with Crippen LogP contribution in [0.2, 0.25) is 0 Å². The first-order valence-corrected chi connectivity index (χ1v) is 8.77. The Morgan fingerprint density at radius 2 is 1.88 bits per heavy atom.